The van der Waals surface area contributed by atoms with Gasteiger partial charge in [0, 0.05) is 0 Å². The molecule has 0 saturated heterocycles. The van der Waals surface area contributed by atoms with Crippen LogP contribution < -0.4 is 0 Å². The number of rotatable bonds is 2. The molecule has 0 radical (unpaired) electrons. The van der Waals surface area contributed by atoms with E-state index in [9.17, 15) is 0 Å². The molecule has 4 rings (SSSR count). The first-order valence-corrected chi connectivity index (χ1v) is 10.5. The Kier molecular flexibility index (Phi) is 6.45. The van der Waals surface area contributed by atoms with Crippen LogP contribution in [0, 0.1) is 0 Å². The van der Waals surface area contributed by atoms with Crippen molar-refractivity contribution in [2.45, 2.75) is 24.5 Å². The second kappa shape index (κ2) is 7.98. The van der Waals surface area contributed by atoms with Gasteiger partial charge in [0.15, 0.2) is 0 Å². The van der Waals surface area contributed by atoms with Crippen molar-refractivity contribution in [3.8, 4) is 11.1 Å². The zero-order chi connectivity index (χ0) is 15.1. The Balaban J connectivity index is 0.00000104. The normalized spacial score (nSPS) is 14.2. The smallest absolute Gasteiger partial charge is 0.147 e. The van der Waals surface area contributed by atoms with Gasteiger partial charge in [0.1, 0.15) is 0 Å². The summed E-state index contributed by atoms with van der Waals surface area (Å²) >= 11 is -1.50. The molecule has 0 aromatic heterocycles. The van der Waals surface area contributed by atoms with E-state index in [1.807, 2.05) is 0 Å². The van der Waals surface area contributed by atoms with Crippen molar-refractivity contribution in [3.63, 3.8) is 0 Å². The zero-order valence-corrected chi connectivity index (χ0v) is 17.1. The van der Waals surface area contributed by atoms with Gasteiger partial charge in [-0.2, -0.15) is 0 Å². The number of halogens is 2. The minimum Gasteiger partial charge on any atom is -0.147 e. The van der Waals surface area contributed by atoms with E-state index >= 15 is 0 Å². The van der Waals surface area contributed by atoms with Crippen LogP contribution in [0.1, 0.15) is 35.6 Å². The Morgan fingerprint density at radius 2 is 1.42 bits per heavy atom. The van der Waals surface area contributed by atoms with Crippen LogP contribution in [0.5, 0.6) is 0 Å². The molecule has 3 heteroatoms. The van der Waals surface area contributed by atoms with E-state index in [0.717, 1.165) is 0 Å². The molecular formula is C21H22Cl2Ti. The van der Waals surface area contributed by atoms with Gasteiger partial charge in [-0.25, -0.2) is 0 Å². The van der Waals surface area contributed by atoms with Gasteiger partial charge in [0.25, 0.3) is 0 Å². The molecule has 2 aliphatic carbocycles. The first-order chi connectivity index (χ1) is 10.8. The molecule has 0 N–H and O–H groups in total. The molecule has 24 heavy (non-hydrogen) atoms. The van der Waals surface area contributed by atoms with Crippen LogP contribution >= 0.6 is 24.8 Å². The third-order valence-electron chi connectivity index (χ3n) is 4.78. The summed E-state index contributed by atoms with van der Waals surface area (Å²) in [6.07, 6.45) is 8.13. The molecule has 0 heterocycles. The summed E-state index contributed by atoms with van der Waals surface area (Å²) in [4.78, 5) is 0. The molecule has 0 saturated carbocycles. The molecule has 2 aromatic carbocycles. The summed E-state index contributed by atoms with van der Waals surface area (Å²) in [5, 5.41) is 0. The molecule has 124 valence electrons. The van der Waals surface area contributed by atoms with E-state index < -0.39 is 17.4 Å². The average molecular weight is 393 g/mol. The average Bonchev–Trinajstić information content (AvgIpc) is 3.16. The van der Waals surface area contributed by atoms with Gasteiger partial charge >= 0.3 is 139 Å². The van der Waals surface area contributed by atoms with Crippen molar-refractivity contribution in [3.05, 3.63) is 81.8 Å². The predicted octanol–water partition coefficient (Wildman–Crippen LogP) is 6.27. The van der Waals surface area contributed by atoms with E-state index in [4.69, 9.17) is 0 Å². The van der Waals surface area contributed by atoms with E-state index in [1.165, 1.54) is 17.5 Å². The maximum Gasteiger partial charge on any atom is -0.147 e. The topological polar surface area (TPSA) is 0 Å². The van der Waals surface area contributed by atoms with Crippen LogP contribution in [0.3, 0.4) is 0 Å². The molecule has 0 aliphatic heterocycles. The maximum atomic E-state index is 2.39. The summed E-state index contributed by atoms with van der Waals surface area (Å²) in [7, 11) is 0. The van der Waals surface area contributed by atoms with Crippen LogP contribution in [0.25, 0.3) is 11.1 Å². The Hall–Kier alpha value is -0.916. The molecule has 0 atom stereocenters. The van der Waals surface area contributed by atoms with Gasteiger partial charge < -0.3 is 0 Å². The van der Waals surface area contributed by atoms with Crippen LogP contribution in [0.2, 0.25) is 0 Å². The second-order valence-corrected chi connectivity index (χ2v) is 11.1. The fourth-order valence-electron chi connectivity index (χ4n) is 3.91. The van der Waals surface area contributed by atoms with Crippen molar-refractivity contribution < 1.29 is 17.4 Å². The summed E-state index contributed by atoms with van der Waals surface area (Å²) in [6.45, 7) is 4.72. The van der Waals surface area contributed by atoms with Gasteiger partial charge in [-0.3, -0.25) is 0 Å². The number of allylic oxidation sites excluding steroid dienone is 4. The second-order valence-electron chi connectivity index (χ2n) is 6.35. The Labute approximate surface area is 162 Å². The van der Waals surface area contributed by atoms with Crippen molar-refractivity contribution in [1.29, 1.82) is 0 Å². The molecular weight excluding hydrogens is 371 g/mol. The fraction of sp³-hybridized carbons (Fsp3) is 0.190. The number of hydrogen-bond donors (Lipinski definition) is 0. The van der Waals surface area contributed by atoms with E-state index in [1.54, 1.807) is 18.8 Å². The van der Waals surface area contributed by atoms with Crippen molar-refractivity contribution in [2.75, 3.05) is 0 Å². The summed E-state index contributed by atoms with van der Waals surface area (Å²) < 4.78 is 4.02. The molecule has 0 unspecified atom stereocenters. The standard InChI is InChI=1S/C13H9.C5H5.C3H6.2ClH.Ti/c1-3-7-12-10(5-1)9-11-6-2-4-8-13(11)12;1-2-4-5-3-1;1-3-2;;;/h1-9H;1-3H,4H2;1-2H3;2*1H;. The zero-order valence-electron chi connectivity index (χ0n) is 14.0. The van der Waals surface area contributed by atoms with Crippen molar-refractivity contribution in [1.82, 2.24) is 0 Å². The molecule has 0 bridgehead atoms. The maximum absolute atomic E-state index is 2.39. The van der Waals surface area contributed by atoms with Crippen LogP contribution in [-0.4, -0.2) is 3.81 Å². The van der Waals surface area contributed by atoms with Crippen LogP contribution in [0.4, 0.5) is 0 Å². The van der Waals surface area contributed by atoms with Crippen LogP contribution in [0.15, 0.2) is 70.6 Å². The first kappa shape index (κ1) is 19.4. The Bertz CT molecular complexity index is 797. The quantitative estimate of drug-likeness (QED) is 0.528. The third-order valence-corrected chi connectivity index (χ3v) is 9.99. The Morgan fingerprint density at radius 3 is 1.88 bits per heavy atom. The summed E-state index contributed by atoms with van der Waals surface area (Å²) in [5.41, 5.74) is 6.04. The largest absolute Gasteiger partial charge is 0.147 e. The van der Waals surface area contributed by atoms with Crippen LogP contribution in [-0.2, 0) is 17.4 Å². The number of fused-ring (bicyclic) bond motifs is 3. The minimum atomic E-state index is -1.50. The van der Waals surface area contributed by atoms with Gasteiger partial charge in [0.05, 0.1) is 0 Å². The monoisotopic (exact) mass is 392 g/mol. The number of benzene rings is 2. The molecule has 0 spiro atoms. The summed E-state index contributed by atoms with van der Waals surface area (Å²) in [6, 6.07) is 18.1. The molecule has 0 nitrogen and oxygen atoms in total. The van der Waals surface area contributed by atoms with Gasteiger partial charge in [-0.1, -0.05) is 0 Å². The SMILES string of the molecule is C[C](C)=[Ti]([C]1=CC=CC1)[CH]1c2ccccc2-c2ccccc21.Cl.Cl. The first-order valence-electron chi connectivity index (χ1n) is 7.99. The molecule has 2 aliphatic rings. The Morgan fingerprint density at radius 1 is 0.875 bits per heavy atom. The minimum absolute atomic E-state index is 0. The van der Waals surface area contributed by atoms with E-state index in [0.29, 0.717) is 4.22 Å². The van der Waals surface area contributed by atoms with Gasteiger partial charge in [-0.15, -0.1) is 24.8 Å². The molecule has 0 fully saturated rings. The predicted molar refractivity (Wildman–Crippen MR) is 106 cm³/mol. The molecule has 0 amide bonds. The summed E-state index contributed by atoms with van der Waals surface area (Å²) in [5.74, 6) is 0. The fourth-order valence-corrected chi connectivity index (χ4v) is 9.11. The van der Waals surface area contributed by atoms with Crippen molar-refractivity contribution >= 4 is 28.6 Å². The van der Waals surface area contributed by atoms with E-state index in [-0.39, 0.29) is 24.8 Å². The molecule has 2 aromatic rings. The van der Waals surface area contributed by atoms with E-state index in [2.05, 4.69) is 80.6 Å². The third kappa shape index (κ3) is 3.14. The van der Waals surface area contributed by atoms with Crippen molar-refractivity contribution in [2.24, 2.45) is 0 Å². The van der Waals surface area contributed by atoms with Gasteiger partial charge in [0.2, 0.25) is 0 Å². The number of hydrogen-bond acceptors (Lipinski definition) is 0. The van der Waals surface area contributed by atoms with Gasteiger partial charge in [-0.05, 0) is 0 Å².